The van der Waals surface area contributed by atoms with E-state index in [2.05, 4.69) is 92.4 Å². The lowest BCUT2D eigenvalue weighted by Gasteiger charge is -2.43. The Labute approximate surface area is 270 Å². The molecule has 4 heterocycles. The van der Waals surface area contributed by atoms with Crippen molar-refractivity contribution in [2.24, 2.45) is 0 Å². The van der Waals surface area contributed by atoms with Gasteiger partial charge >= 0.3 is 0 Å². The van der Waals surface area contributed by atoms with E-state index in [0.717, 1.165) is 49.2 Å². The summed E-state index contributed by atoms with van der Waals surface area (Å²) in [5.74, 6) is 4.00. The summed E-state index contributed by atoms with van der Waals surface area (Å²) in [6, 6.07) is 30.9. The van der Waals surface area contributed by atoms with Crippen LogP contribution in [0.5, 0.6) is 23.0 Å². The van der Waals surface area contributed by atoms with Crippen LogP contribution in [0.1, 0.15) is 47.9 Å². The molecule has 4 aromatic carbocycles. The van der Waals surface area contributed by atoms with Gasteiger partial charge in [0.15, 0.2) is 13.5 Å². The third-order valence-electron chi connectivity index (χ3n) is 10.5. The summed E-state index contributed by atoms with van der Waals surface area (Å²) in [6.07, 6.45) is 4.70. The molecule has 236 valence electrons. The van der Waals surface area contributed by atoms with Crippen molar-refractivity contribution in [2.45, 2.75) is 63.9 Å². The maximum Gasteiger partial charge on any atom is 0.161 e. The van der Waals surface area contributed by atoms with Crippen LogP contribution in [0.3, 0.4) is 0 Å². The van der Waals surface area contributed by atoms with Crippen LogP contribution in [0, 0.1) is 0 Å². The van der Waals surface area contributed by atoms with Crippen molar-refractivity contribution in [3.8, 4) is 23.0 Å². The lowest BCUT2D eigenvalue weighted by molar-refractivity contribution is 0.00139. The number of nitrogens with zero attached hydrogens (tertiary/aromatic N) is 4. The third-order valence-corrected chi connectivity index (χ3v) is 10.5. The molecule has 1 saturated carbocycles. The number of fused-ring (bicyclic) bond motifs is 4. The number of benzene rings is 4. The maximum absolute atomic E-state index is 6.28. The predicted molar refractivity (Wildman–Crippen MR) is 177 cm³/mol. The summed E-state index contributed by atoms with van der Waals surface area (Å²) in [6.45, 7) is 6.03. The smallest absolute Gasteiger partial charge is 0.161 e. The Morgan fingerprint density at radius 1 is 0.413 bits per heavy atom. The van der Waals surface area contributed by atoms with Crippen LogP contribution in [0.25, 0.3) is 0 Å². The molecule has 0 aromatic heterocycles. The van der Waals surface area contributed by atoms with Crippen molar-refractivity contribution in [3.05, 3.63) is 107 Å². The van der Waals surface area contributed by atoms with Gasteiger partial charge in [0.25, 0.3) is 0 Å². The minimum Gasteiger partial charge on any atom is -0.478 e. The van der Waals surface area contributed by atoms with E-state index >= 15 is 0 Å². The summed E-state index contributed by atoms with van der Waals surface area (Å²) < 4.78 is 24.6. The van der Waals surface area contributed by atoms with Crippen LogP contribution in [0.4, 0.5) is 11.4 Å². The second-order valence-corrected chi connectivity index (χ2v) is 13.2. The summed E-state index contributed by atoms with van der Waals surface area (Å²) >= 11 is 0. The van der Waals surface area contributed by atoms with Gasteiger partial charge in [0.2, 0.25) is 0 Å². The lowest BCUT2D eigenvalue weighted by Crippen LogP contribution is -2.47. The first-order valence-electron chi connectivity index (χ1n) is 16.6. The van der Waals surface area contributed by atoms with Crippen molar-refractivity contribution in [1.29, 1.82) is 0 Å². The van der Waals surface area contributed by atoms with E-state index in [0.29, 0.717) is 39.0 Å². The second kappa shape index (κ2) is 11.8. The summed E-state index contributed by atoms with van der Waals surface area (Å²) in [4.78, 5) is 9.68. The molecular formula is C38H40N4O4. The average molecular weight is 617 g/mol. The van der Waals surface area contributed by atoms with Crippen LogP contribution in [-0.2, 0) is 26.2 Å². The topological polar surface area (TPSA) is 49.9 Å². The molecule has 0 amide bonds. The summed E-state index contributed by atoms with van der Waals surface area (Å²) in [5, 5.41) is 0. The summed E-state index contributed by atoms with van der Waals surface area (Å²) in [5.41, 5.74) is 7.37. The SMILES string of the molecule is c1ccc2c(c1)CN(c1ccc3c(c1)CN(C1CCC(N4COc5ccc(N6COc7ccccc7C6)cc5C4)CC1)CO3)CO2. The van der Waals surface area contributed by atoms with Crippen molar-refractivity contribution in [1.82, 2.24) is 9.80 Å². The third kappa shape index (κ3) is 5.29. The Bertz CT molecular complexity index is 1610. The Morgan fingerprint density at radius 3 is 1.30 bits per heavy atom. The van der Waals surface area contributed by atoms with Crippen molar-refractivity contribution < 1.29 is 18.9 Å². The molecule has 4 aliphatic heterocycles. The van der Waals surface area contributed by atoms with Gasteiger partial charge in [-0.25, -0.2) is 0 Å². The van der Waals surface area contributed by atoms with Gasteiger partial charge in [-0.05, 0) is 74.2 Å². The zero-order valence-corrected chi connectivity index (χ0v) is 26.1. The molecule has 0 atom stereocenters. The van der Waals surface area contributed by atoms with Crippen molar-refractivity contribution in [2.75, 3.05) is 36.7 Å². The maximum atomic E-state index is 6.28. The predicted octanol–water partition coefficient (Wildman–Crippen LogP) is 6.71. The van der Waals surface area contributed by atoms with Gasteiger partial charge < -0.3 is 28.7 Å². The van der Waals surface area contributed by atoms with Crippen LogP contribution in [-0.4, -0.2) is 48.8 Å². The number of ether oxygens (including phenoxy) is 4. The number of para-hydroxylation sites is 2. The van der Waals surface area contributed by atoms with Gasteiger partial charge in [-0.3, -0.25) is 9.80 Å². The number of hydrogen-bond donors (Lipinski definition) is 0. The van der Waals surface area contributed by atoms with E-state index in [1.165, 1.54) is 59.3 Å². The molecule has 8 nitrogen and oxygen atoms in total. The standard InChI is InChI=1S/C38H40N4O4/c1-3-7-35-27(5-1)19-41(25-43-35)33-13-15-37-29(17-33)21-39(23-45-37)31-9-11-32(12-10-31)40-22-30-18-34(14-16-38(30)46-24-40)42-20-28-6-2-4-8-36(28)44-26-42/h1-8,13-18,31-32H,9-12,19-26H2. The van der Waals surface area contributed by atoms with Crippen LogP contribution in [0.15, 0.2) is 84.9 Å². The van der Waals surface area contributed by atoms with E-state index in [1.807, 2.05) is 12.1 Å². The first-order valence-corrected chi connectivity index (χ1v) is 16.6. The highest BCUT2D eigenvalue weighted by Crippen LogP contribution is 2.38. The highest BCUT2D eigenvalue weighted by Gasteiger charge is 2.33. The fourth-order valence-corrected chi connectivity index (χ4v) is 7.82. The molecule has 0 spiro atoms. The quantitative estimate of drug-likeness (QED) is 0.251. The fourth-order valence-electron chi connectivity index (χ4n) is 7.82. The molecule has 8 heteroatoms. The highest BCUT2D eigenvalue weighted by molar-refractivity contribution is 5.56. The van der Waals surface area contributed by atoms with E-state index in [-0.39, 0.29) is 0 Å². The average Bonchev–Trinajstić information content (AvgIpc) is 3.13. The Kier molecular flexibility index (Phi) is 7.12. The molecule has 46 heavy (non-hydrogen) atoms. The molecule has 0 bridgehead atoms. The molecule has 1 fully saturated rings. The number of hydrogen-bond acceptors (Lipinski definition) is 8. The van der Waals surface area contributed by atoms with E-state index in [4.69, 9.17) is 18.9 Å². The van der Waals surface area contributed by atoms with Crippen molar-refractivity contribution >= 4 is 11.4 Å². The lowest BCUT2D eigenvalue weighted by atomic mass is 9.88. The van der Waals surface area contributed by atoms with Gasteiger partial charge in [-0.15, -0.1) is 0 Å². The molecule has 0 unspecified atom stereocenters. The van der Waals surface area contributed by atoms with E-state index in [1.54, 1.807) is 0 Å². The molecule has 0 saturated heterocycles. The fraction of sp³-hybridized carbons (Fsp3) is 0.368. The molecule has 9 rings (SSSR count). The van der Waals surface area contributed by atoms with Gasteiger partial charge in [-0.1, -0.05) is 36.4 Å². The van der Waals surface area contributed by atoms with Crippen LogP contribution in [0.2, 0.25) is 0 Å². The largest absolute Gasteiger partial charge is 0.478 e. The van der Waals surface area contributed by atoms with Gasteiger partial charge in [-0.2, -0.15) is 0 Å². The minimum atomic E-state index is 0.532. The van der Waals surface area contributed by atoms with Gasteiger partial charge in [0.05, 0.1) is 0 Å². The first kappa shape index (κ1) is 27.9. The van der Waals surface area contributed by atoms with Crippen LogP contribution >= 0.6 is 0 Å². The van der Waals surface area contributed by atoms with Crippen LogP contribution < -0.4 is 28.7 Å². The first-order chi connectivity index (χ1) is 22.7. The second-order valence-electron chi connectivity index (χ2n) is 13.2. The van der Waals surface area contributed by atoms with Crippen molar-refractivity contribution in [3.63, 3.8) is 0 Å². The Hall–Kier alpha value is -4.40. The zero-order valence-electron chi connectivity index (χ0n) is 26.1. The Morgan fingerprint density at radius 2 is 0.826 bits per heavy atom. The zero-order chi connectivity index (χ0) is 30.5. The summed E-state index contributed by atoms with van der Waals surface area (Å²) in [7, 11) is 0. The molecule has 5 aliphatic rings. The number of anilines is 2. The van der Waals surface area contributed by atoms with E-state index < -0.39 is 0 Å². The Balaban J connectivity index is 0.818. The van der Waals surface area contributed by atoms with Gasteiger partial charge in [0.1, 0.15) is 36.5 Å². The monoisotopic (exact) mass is 616 g/mol. The molecule has 0 N–H and O–H groups in total. The molecular weight excluding hydrogens is 576 g/mol. The molecule has 4 aromatic rings. The normalized spacial score (nSPS) is 22.6. The number of rotatable bonds is 4. The molecule has 1 aliphatic carbocycles. The van der Waals surface area contributed by atoms with Gasteiger partial charge in [0, 0.05) is 71.9 Å². The minimum absolute atomic E-state index is 0.532. The highest BCUT2D eigenvalue weighted by atomic mass is 16.5. The van der Waals surface area contributed by atoms with E-state index in [9.17, 15) is 0 Å². The molecule has 0 radical (unpaired) electrons.